The van der Waals surface area contributed by atoms with E-state index in [1.807, 2.05) is 18.2 Å². The molecule has 4 rings (SSSR count). The number of nitrogens with zero attached hydrogens (tertiary/aromatic N) is 4. The van der Waals surface area contributed by atoms with E-state index in [1.165, 1.54) is 0 Å². The average molecular weight is 340 g/mol. The number of carbonyl (C=O) groups is 1. The summed E-state index contributed by atoms with van der Waals surface area (Å²) >= 11 is 0. The molecule has 0 bridgehead atoms. The van der Waals surface area contributed by atoms with Crippen molar-refractivity contribution in [1.82, 2.24) is 19.9 Å². The van der Waals surface area contributed by atoms with Crippen molar-refractivity contribution >= 4 is 5.91 Å². The first-order valence-corrected chi connectivity index (χ1v) is 8.51. The number of likely N-dealkylation sites (tertiary alicyclic amines) is 1. The van der Waals surface area contributed by atoms with E-state index >= 15 is 0 Å². The number of hydrogen-bond donors (Lipinski definition) is 0. The zero-order chi connectivity index (χ0) is 17.1. The Bertz CT molecular complexity index is 720. The minimum Gasteiger partial charge on any atom is -0.478 e. The molecule has 1 atom stereocenters. The molecule has 0 radical (unpaired) electrons. The van der Waals surface area contributed by atoms with Gasteiger partial charge in [-0.3, -0.25) is 4.79 Å². The minimum atomic E-state index is -0.238. The molecule has 4 heterocycles. The summed E-state index contributed by atoms with van der Waals surface area (Å²) in [6.45, 7) is 2.53. The summed E-state index contributed by atoms with van der Waals surface area (Å²) in [5.74, 6) is 1.13. The van der Waals surface area contributed by atoms with E-state index in [0.29, 0.717) is 31.5 Å². The van der Waals surface area contributed by atoms with Gasteiger partial charge < -0.3 is 14.4 Å². The van der Waals surface area contributed by atoms with E-state index < -0.39 is 0 Å². The van der Waals surface area contributed by atoms with Gasteiger partial charge in [0.1, 0.15) is 5.60 Å². The molecule has 2 aliphatic rings. The van der Waals surface area contributed by atoms with E-state index in [2.05, 4.69) is 15.0 Å². The normalized spacial score (nSPS) is 21.1. The third-order valence-electron chi connectivity index (χ3n) is 4.92. The van der Waals surface area contributed by atoms with Gasteiger partial charge in [-0.25, -0.2) is 15.0 Å². The van der Waals surface area contributed by atoms with Crippen LogP contribution in [0.5, 0.6) is 5.88 Å². The molecular formula is C18H20N4O3. The maximum atomic E-state index is 12.4. The van der Waals surface area contributed by atoms with Gasteiger partial charge in [-0.2, -0.15) is 0 Å². The van der Waals surface area contributed by atoms with Crippen LogP contribution < -0.4 is 4.74 Å². The Kier molecular flexibility index (Phi) is 4.31. The fraction of sp³-hybridized carbons (Fsp3) is 0.444. The monoisotopic (exact) mass is 340 g/mol. The molecular weight excluding hydrogens is 320 g/mol. The Morgan fingerprint density at radius 2 is 2.00 bits per heavy atom. The van der Waals surface area contributed by atoms with E-state index in [9.17, 15) is 4.79 Å². The molecule has 2 aromatic rings. The molecule has 0 aliphatic carbocycles. The minimum absolute atomic E-state index is 0.134. The zero-order valence-corrected chi connectivity index (χ0v) is 13.9. The summed E-state index contributed by atoms with van der Waals surface area (Å²) in [6, 6.07) is 7.32. The highest BCUT2D eigenvalue weighted by Crippen LogP contribution is 2.42. The number of carbonyl (C=O) groups excluding carboxylic acids is 1. The predicted octanol–water partition coefficient (Wildman–Crippen LogP) is 1.57. The standard InChI is InChI=1S/C18H20N4O3/c23-17(16-20-8-3-9-21-16)22-12-18(13-22)14(6-11-25-18)5-10-24-15-4-1-2-7-19-15/h1-4,7-9,14H,5-6,10-13H2. The molecule has 1 spiro atoms. The highest BCUT2D eigenvalue weighted by molar-refractivity contribution is 5.91. The maximum absolute atomic E-state index is 12.4. The number of rotatable bonds is 5. The van der Waals surface area contributed by atoms with Crippen LogP contribution in [0.3, 0.4) is 0 Å². The Hall–Kier alpha value is -2.54. The van der Waals surface area contributed by atoms with Gasteiger partial charge in [0.2, 0.25) is 11.7 Å². The van der Waals surface area contributed by atoms with Crippen molar-refractivity contribution in [2.24, 2.45) is 5.92 Å². The summed E-state index contributed by atoms with van der Waals surface area (Å²) in [7, 11) is 0. The second-order valence-corrected chi connectivity index (χ2v) is 6.44. The second kappa shape index (κ2) is 6.76. The Labute approximate surface area is 146 Å². The van der Waals surface area contributed by atoms with Crippen molar-refractivity contribution in [1.29, 1.82) is 0 Å². The molecule has 2 aliphatic heterocycles. The largest absolute Gasteiger partial charge is 0.478 e. The van der Waals surface area contributed by atoms with Crippen LogP contribution in [0.25, 0.3) is 0 Å². The summed E-state index contributed by atoms with van der Waals surface area (Å²) in [5, 5.41) is 0. The van der Waals surface area contributed by atoms with Crippen molar-refractivity contribution < 1.29 is 14.3 Å². The number of hydrogen-bond acceptors (Lipinski definition) is 6. The van der Waals surface area contributed by atoms with E-state index in [4.69, 9.17) is 9.47 Å². The Balaban J connectivity index is 1.31. The van der Waals surface area contributed by atoms with E-state index in [1.54, 1.807) is 29.6 Å². The lowest BCUT2D eigenvalue weighted by Crippen LogP contribution is -2.66. The topological polar surface area (TPSA) is 77.4 Å². The van der Waals surface area contributed by atoms with Crippen LogP contribution in [0.4, 0.5) is 0 Å². The van der Waals surface area contributed by atoms with Crippen LogP contribution in [0.15, 0.2) is 42.9 Å². The lowest BCUT2D eigenvalue weighted by molar-refractivity contribution is -0.119. The summed E-state index contributed by atoms with van der Waals surface area (Å²) in [6.07, 6.45) is 6.77. The molecule has 7 heteroatoms. The van der Waals surface area contributed by atoms with Crippen LogP contribution in [-0.4, -0.2) is 57.7 Å². The smallest absolute Gasteiger partial charge is 0.291 e. The fourth-order valence-electron chi connectivity index (χ4n) is 3.57. The first-order chi connectivity index (χ1) is 12.3. The molecule has 0 saturated carbocycles. The average Bonchev–Trinajstić information content (AvgIpc) is 3.05. The second-order valence-electron chi connectivity index (χ2n) is 6.44. The van der Waals surface area contributed by atoms with Gasteiger partial charge in [0.15, 0.2) is 0 Å². The van der Waals surface area contributed by atoms with Crippen molar-refractivity contribution in [3.05, 3.63) is 48.7 Å². The number of aromatic nitrogens is 3. The van der Waals surface area contributed by atoms with Gasteiger partial charge >= 0.3 is 0 Å². The van der Waals surface area contributed by atoms with Gasteiger partial charge in [-0.15, -0.1) is 0 Å². The third kappa shape index (κ3) is 3.19. The summed E-state index contributed by atoms with van der Waals surface area (Å²) < 4.78 is 11.7. The molecule has 0 N–H and O–H groups in total. The molecule has 2 aromatic heterocycles. The van der Waals surface area contributed by atoms with Crippen LogP contribution in [-0.2, 0) is 4.74 Å². The molecule has 2 fully saturated rings. The third-order valence-corrected chi connectivity index (χ3v) is 4.92. The van der Waals surface area contributed by atoms with Gasteiger partial charge in [-0.1, -0.05) is 6.07 Å². The molecule has 25 heavy (non-hydrogen) atoms. The van der Waals surface area contributed by atoms with E-state index in [-0.39, 0.29) is 17.3 Å². The van der Waals surface area contributed by atoms with Crippen LogP contribution in [0.2, 0.25) is 0 Å². The first kappa shape index (κ1) is 16.0. The number of ether oxygens (including phenoxy) is 2. The van der Waals surface area contributed by atoms with Crippen LogP contribution in [0.1, 0.15) is 23.5 Å². The fourth-order valence-corrected chi connectivity index (χ4v) is 3.57. The maximum Gasteiger partial charge on any atom is 0.291 e. The molecule has 1 amide bonds. The van der Waals surface area contributed by atoms with Crippen LogP contribution >= 0.6 is 0 Å². The highest BCUT2D eigenvalue weighted by atomic mass is 16.5. The summed E-state index contributed by atoms with van der Waals surface area (Å²) in [4.78, 5) is 26.4. The first-order valence-electron chi connectivity index (χ1n) is 8.51. The van der Waals surface area contributed by atoms with Crippen LogP contribution in [0, 0.1) is 5.92 Å². The quantitative estimate of drug-likeness (QED) is 0.822. The molecule has 7 nitrogen and oxygen atoms in total. The molecule has 2 saturated heterocycles. The molecule has 130 valence electrons. The lowest BCUT2D eigenvalue weighted by Gasteiger charge is -2.49. The Morgan fingerprint density at radius 3 is 2.76 bits per heavy atom. The highest BCUT2D eigenvalue weighted by Gasteiger charge is 2.54. The summed E-state index contributed by atoms with van der Waals surface area (Å²) in [5.41, 5.74) is -0.238. The van der Waals surface area contributed by atoms with Gasteiger partial charge in [0.25, 0.3) is 5.91 Å². The van der Waals surface area contributed by atoms with E-state index in [0.717, 1.165) is 19.4 Å². The van der Waals surface area contributed by atoms with Gasteiger partial charge in [0.05, 0.1) is 19.7 Å². The zero-order valence-electron chi connectivity index (χ0n) is 13.9. The van der Waals surface area contributed by atoms with Crippen molar-refractivity contribution in [2.75, 3.05) is 26.3 Å². The Morgan fingerprint density at radius 1 is 1.20 bits per heavy atom. The predicted molar refractivity (Wildman–Crippen MR) is 89.1 cm³/mol. The van der Waals surface area contributed by atoms with Gasteiger partial charge in [0, 0.05) is 31.3 Å². The molecule has 0 aromatic carbocycles. The van der Waals surface area contributed by atoms with Crippen molar-refractivity contribution in [3.63, 3.8) is 0 Å². The number of pyridine rings is 1. The van der Waals surface area contributed by atoms with Gasteiger partial charge in [-0.05, 0) is 30.9 Å². The SMILES string of the molecule is O=C(c1ncccn1)N1CC2(C1)OCCC2CCOc1ccccn1. The number of amides is 1. The molecule has 1 unspecified atom stereocenters. The van der Waals surface area contributed by atoms with Crippen molar-refractivity contribution in [3.8, 4) is 5.88 Å². The lowest BCUT2D eigenvalue weighted by atomic mass is 9.79. The van der Waals surface area contributed by atoms with Crippen molar-refractivity contribution in [2.45, 2.75) is 18.4 Å².